The van der Waals surface area contributed by atoms with Crippen molar-refractivity contribution in [3.05, 3.63) is 47.5 Å². The molecule has 1 N–H and O–H groups in total. The van der Waals surface area contributed by atoms with Gasteiger partial charge in [0.1, 0.15) is 5.82 Å². The first-order valence-corrected chi connectivity index (χ1v) is 8.50. The molecule has 1 aliphatic rings. The van der Waals surface area contributed by atoms with Gasteiger partial charge in [0.15, 0.2) is 0 Å². The molecule has 3 nitrogen and oxygen atoms in total. The molecule has 0 saturated heterocycles. The van der Waals surface area contributed by atoms with Crippen LogP contribution in [0.4, 0.5) is 0 Å². The SMILES string of the molecule is Cc1ncc(CNC(C)C)n1CC1Cc2ccccc2S1. The standard InChI is InChI=1S/C17H23N3S/c1-12(2)18-9-15-10-19-13(3)20(15)11-16-8-14-6-4-5-7-17(14)21-16/h4-7,10,12,16,18H,8-9,11H2,1-3H3. The summed E-state index contributed by atoms with van der Waals surface area (Å²) < 4.78 is 2.37. The topological polar surface area (TPSA) is 29.9 Å². The van der Waals surface area contributed by atoms with Crippen LogP contribution in [-0.2, 0) is 19.5 Å². The highest BCUT2D eigenvalue weighted by Gasteiger charge is 2.23. The highest BCUT2D eigenvalue weighted by molar-refractivity contribution is 8.00. The van der Waals surface area contributed by atoms with Gasteiger partial charge in [0, 0.05) is 35.5 Å². The molecule has 3 rings (SSSR count). The number of aryl methyl sites for hydroxylation is 1. The summed E-state index contributed by atoms with van der Waals surface area (Å²) in [6, 6.07) is 9.27. The van der Waals surface area contributed by atoms with Crippen LogP contribution in [0.1, 0.15) is 30.9 Å². The van der Waals surface area contributed by atoms with E-state index in [0.717, 1.165) is 25.3 Å². The Balaban J connectivity index is 1.70. The van der Waals surface area contributed by atoms with E-state index in [1.165, 1.54) is 16.2 Å². The third kappa shape index (κ3) is 3.33. The third-order valence-corrected chi connectivity index (χ3v) is 5.23. The Bertz CT molecular complexity index is 593. The summed E-state index contributed by atoms with van der Waals surface area (Å²) in [4.78, 5) is 5.95. The van der Waals surface area contributed by atoms with Crippen molar-refractivity contribution in [3.63, 3.8) is 0 Å². The molecule has 1 unspecified atom stereocenters. The molecule has 0 bridgehead atoms. The van der Waals surface area contributed by atoms with Crippen LogP contribution in [0.2, 0.25) is 0 Å². The molecule has 4 heteroatoms. The Kier molecular flexibility index (Phi) is 4.36. The summed E-state index contributed by atoms with van der Waals surface area (Å²) in [5.74, 6) is 1.12. The third-order valence-electron chi connectivity index (χ3n) is 3.93. The van der Waals surface area contributed by atoms with Crippen molar-refractivity contribution in [1.29, 1.82) is 0 Å². The minimum Gasteiger partial charge on any atom is -0.330 e. The van der Waals surface area contributed by atoms with Crippen molar-refractivity contribution in [2.24, 2.45) is 0 Å². The fourth-order valence-electron chi connectivity index (χ4n) is 2.77. The molecule has 0 radical (unpaired) electrons. The molecule has 0 fully saturated rings. The average molecular weight is 301 g/mol. The smallest absolute Gasteiger partial charge is 0.105 e. The average Bonchev–Trinajstić information content (AvgIpc) is 3.01. The second-order valence-electron chi connectivity index (χ2n) is 5.99. The molecule has 112 valence electrons. The lowest BCUT2D eigenvalue weighted by Gasteiger charge is -2.16. The molecule has 21 heavy (non-hydrogen) atoms. The second kappa shape index (κ2) is 6.24. The Morgan fingerprint density at radius 3 is 2.95 bits per heavy atom. The minimum absolute atomic E-state index is 0.499. The van der Waals surface area contributed by atoms with E-state index in [9.17, 15) is 0 Å². The summed E-state index contributed by atoms with van der Waals surface area (Å²) in [5, 5.41) is 4.11. The molecule has 1 atom stereocenters. The number of imidazole rings is 1. The highest BCUT2D eigenvalue weighted by atomic mass is 32.2. The van der Waals surface area contributed by atoms with Gasteiger partial charge in [-0.2, -0.15) is 0 Å². The quantitative estimate of drug-likeness (QED) is 0.918. The Morgan fingerprint density at radius 2 is 2.19 bits per heavy atom. The van der Waals surface area contributed by atoms with E-state index in [-0.39, 0.29) is 0 Å². The van der Waals surface area contributed by atoms with Gasteiger partial charge in [0.2, 0.25) is 0 Å². The van der Waals surface area contributed by atoms with E-state index in [4.69, 9.17) is 0 Å². The van der Waals surface area contributed by atoms with E-state index >= 15 is 0 Å². The molecule has 2 aromatic rings. The van der Waals surface area contributed by atoms with Gasteiger partial charge in [0.05, 0.1) is 5.69 Å². The summed E-state index contributed by atoms with van der Waals surface area (Å²) >= 11 is 2.01. The van der Waals surface area contributed by atoms with Crippen molar-refractivity contribution in [3.8, 4) is 0 Å². The first-order valence-electron chi connectivity index (χ1n) is 7.62. The van der Waals surface area contributed by atoms with Crippen molar-refractivity contribution in [1.82, 2.24) is 14.9 Å². The number of hydrogen-bond acceptors (Lipinski definition) is 3. The number of nitrogens with zero attached hydrogens (tertiary/aromatic N) is 2. The number of thioether (sulfide) groups is 1. The van der Waals surface area contributed by atoms with Gasteiger partial charge < -0.3 is 9.88 Å². The summed E-state index contributed by atoms with van der Waals surface area (Å²) in [6.45, 7) is 8.39. The molecular weight excluding hydrogens is 278 g/mol. The fraction of sp³-hybridized carbons (Fsp3) is 0.471. The van der Waals surface area contributed by atoms with Gasteiger partial charge in [-0.15, -0.1) is 11.8 Å². The Labute approximate surface area is 131 Å². The normalized spacial score (nSPS) is 17.4. The van der Waals surface area contributed by atoms with E-state index < -0.39 is 0 Å². The second-order valence-corrected chi connectivity index (χ2v) is 7.34. The maximum absolute atomic E-state index is 4.50. The highest BCUT2D eigenvalue weighted by Crippen LogP contribution is 2.37. The van der Waals surface area contributed by atoms with E-state index in [1.807, 2.05) is 18.0 Å². The first kappa shape index (κ1) is 14.7. The largest absolute Gasteiger partial charge is 0.330 e. The molecule has 1 aliphatic heterocycles. The van der Waals surface area contributed by atoms with E-state index in [2.05, 4.69) is 59.9 Å². The number of nitrogens with one attached hydrogen (secondary N) is 1. The predicted octanol–water partition coefficient (Wildman–Crippen LogP) is 3.41. The molecule has 0 amide bonds. The van der Waals surface area contributed by atoms with Crippen molar-refractivity contribution >= 4 is 11.8 Å². The molecule has 1 aromatic heterocycles. The monoisotopic (exact) mass is 301 g/mol. The van der Waals surface area contributed by atoms with Crippen LogP contribution < -0.4 is 5.32 Å². The van der Waals surface area contributed by atoms with Crippen LogP contribution in [0.5, 0.6) is 0 Å². The molecule has 0 saturated carbocycles. The maximum atomic E-state index is 4.50. The van der Waals surface area contributed by atoms with Crippen molar-refractivity contribution in [2.75, 3.05) is 0 Å². The summed E-state index contributed by atoms with van der Waals surface area (Å²) in [6.07, 6.45) is 3.17. The minimum atomic E-state index is 0.499. The van der Waals surface area contributed by atoms with Crippen LogP contribution in [0, 0.1) is 6.92 Å². The maximum Gasteiger partial charge on any atom is 0.105 e. The van der Waals surface area contributed by atoms with Crippen molar-refractivity contribution < 1.29 is 0 Å². The number of fused-ring (bicyclic) bond motifs is 1. The first-order chi connectivity index (χ1) is 10.1. The van der Waals surface area contributed by atoms with E-state index in [1.54, 1.807) is 0 Å². The lowest BCUT2D eigenvalue weighted by molar-refractivity contribution is 0.545. The zero-order valence-electron chi connectivity index (χ0n) is 13.0. The van der Waals surface area contributed by atoms with Gasteiger partial charge in [-0.05, 0) is 25.0 Å². The molecule has 0 aliphatic carbocycles. The summed E-state index contributed by atoms with van der Waals surface area (Å²) in [5.41, 5.74) is 2.78. The van der Waals surface area contributed by atoms with Crippen LogP contribution in [-0.4, -0.2) is 20.8 Å². The molecule has 1 aromatic carbocycles. The van der Waals surface area contributed by atoms with E-state index in [0.29, 0.717) is 11.3 Å². The van der Waals surface area contributed by atoms with Gasteiger partial charge in [0.25, 0.3) is 0 Å². The molecule has 2 heterocycles. The summed E-state index contributed by atoms with van der Waals surface area (Å²) in [7, 11) is 0. The molecular formula is C17H23N3S. The van der Waals surface area contributed by atoms with Gasteiger partial charge >= 0.3 is 0 Å². The zero-order valence-corrected chi connectivity index (χ0v) is 13.8. The predicted molar refractivity (Wildman–Crippen MR) is 88.7 cm³/mol. The number of benzene rings is 1. The Morgan fingerprint density at radius 1 is 1.38 bits per heavy atom. The van der Waals surface area contributed by atoms with Gasteiger partial charge in [-0.25, -0.2) is 4.98 Å². The number of rotatable bonds is 5. The van der Waals surface area contributed by atoms with Gasteiger partial charge in [-0.3, -0.25) is 0 Å². The lowest BCUT2D eigenvalue weighted by atomic mass is 10.1. The molecule has 0 spiro atoms. The number of hydrogen-bond donors (Lipinski definition) is 1. The fourth-order valence-corrected chi connectivity index (χ4v) is 4.08. The van der Waals surface area contributed by atoms with Crippen molar-refractivity contribution in [2.45, 2.75) is 56.5 Å². The lowest BCUT2D eigenvalue weighted by Crippen LogP contribution is -2.25. The van der Waals surface area contributed by atoms with Gasteiger partial charge in [-0.1, -0.05) is 32.0 Å². The zero-order chi connectivity index (χ0) is 14.8. The Hall–Kier alpha value is -1.26. The van der Waals surface area contributed by atoms with Crippen LogP contribution in [0.15, 0.2) is 35.4 Å². The van der Waals surface area contributed by atoms with Crippen LogP contribution >= 0.6 is 11.8 Å². The van der Waals surface area contributed by atoms with Crippen LogP contribution in [0.25, 0.3) is 0 Å². The number of aromatic nitrogens is 2. The van der Waals surface area contributed by atoms with Crippen LogP contribution in [0.3, 0.4) is 0 Å².